The van der Waals surface area contributed by atoms with Crippen LogP contribution in [-0.2, 0) is 10.9 Å². The molecule has 1 aliphatic rings. The summed E-state index contributed by atoms with van der Waals surface area (Å²) >= 11 is 0. The Balaban J connectivity index is 1.36. The van der Waals surface area contributed by atoms with Crippen LogP contribution in [-0.4, -0.2) is 66.2 Å². The van der Waals surface area contributed by atoms with Crippen molar-refractivity contribution in [3.63, 3.8) is 0 Å². The number of benzene rings is 2. The first-order valence-corrected chi connectivity index (χ1v) is 14.5. The number of aromatic nitrogens is 4. The standard InChI is InChI=1S/C32H35F3N6O4/c1-18(40(5)29(42)43)27-36-17-23(37-27)21-12-8-19(9-13-21)20-10-14-22(15-11-20)25-26(32(33,34)35)39-28(38-25)24-7-6-16-41(24)30(44)45-31(2,3)4/h8-15,17-18,24H,6-7,16H2,1-5H3,(H,36,37)(H,38,39)(H,42,43)/t18-,24-/m0/s1. The molecule has 10 nitrogen and oxygen atoms in total. The van der Waals surface area contributed by atoms with Crippen molar-refractivity contribution >= 4 is 12.2 Å². The fraction of sp³-hybridized carbons (Fsp3) is 0.375. The second-order valence-corrected chi connectivity index (χ2v) is 12.1. The first kappa shape index (κ1) is 31.6. The number of nitrogens with zero attached hydrogens (tertiary/aromatic N) is 4. The van der Waals surface area contributed by atoms with Crippen LogP contribution in [0.2, 0.25) is 0 Å². The lowest BCUT2D eigenvalue weighted by atomic mass is 10.0. The van der Waals surface area contributed by atoms with Crippen molar-refractivity contribution in [1.29, 1.82) is 0 Å². The highest BCUT2D eigenvalue weighted by molar-refractivity contribution is 5.73. The van der Waals surface area contributed by atoms with Crippen molar-refractivity contribution in [3.05, 3.63) is 72.1 Å². The molecule has 0 saturated carbocycles. The highest BCUT2D eigenvalue weighted by Gasteiger charge is 2.41. The first-order valence-electron chi connectivity index (χ1n) is 14.5. The number of ether oxygens (including phenoxy) is 1. The highest BCUT2D eigenvalue weighted by atomic mass is 19.4. The molecule has 2 atom stereocenters. The normalized spacial score (nSPS) is 16.1. The van der Waals surface area contributed by atoms with E-state index < -0.39 is 41.7 Å². The van der Waals surface area contributed by atoms with Crippen molar-refractivity contribution in [2.75, 3.05) is 13.6 Å². The van der Waals surface area contributed by atoms with Gasteiger partial charge in [0.2, 0.25) is 0 Å². The van der Waals surface area contributed by atoms with E-state index >= 15 is 0 Å². The molecule has 2 amide bonds. The van der Waals surface area contributed by atoms with Crippen LogP contribution in [0.25, 0.3) is 33.6 Å². The lowest BCUT2D eigenvalue weighted by Gasteiger charge is -2.27. The Kier molecular flexibility index (Phi) is 8.39. The van der Waals surface area contributed by atoms with E-state index in [1.165, 1.54) is 11.9 Å². The van der Waals surface area contributed by atoms with Crippen LogP contribution in [0.3, 0.4) is 0 Å². The molecule has 1 fully saturated rings. The number of amides is 2. The van der Waals surface area contributed by atoms with Gasteiger partial charge in [-0.2, -0.15) is 13.2 Å². The molecule has 0 aliphatic carbocycles. The van der Waals surface area contributed by atoms with Gasteiger partial charge in [0.1, 0.15) is 28.6 Å². The number of H-pyrrole nitrogens is 2. The quantitative estimate of drug-likeness (QED) is 0.200. The largest absolute Gasteiger partial charge is 0.465 e. The van der Waals surface area contributed by atoms with E-state index in [0.29, 0.717) is 25.2 Å². The number of halogens is 3. The molecule has 3 N–H and O–H groups in total. The molecule has 4 aromatic rings. The van der Waals surface area contributed by atoms with E-state index in [2.05, 4.69) is 19.9 Å². The third kappa shape index (κ3) is 6.81. The number of carbonyl (C=O) groups excluding carboxylic acids is 1. The molecule has 0 unspecified atom stereocenters. The maximum Gasteiger partial charge on any atom is 0.433 e. The van der Waals surface area contributed by atoms with Gasteiger partial charge >= 0.3 is 18.4 Å². The molecule has 238 valence electrons. The predicted octanol–water partition coefficient (Wildman–Crippen LogP) is 7.90. The number of carbonyl (C=O) groups is 2. The summed E-state index contributed by atoms with van der Waals surface area (Å²) in [5.41, 5.74) is 1.56. The van der Waals surface area contributed by atoms with Gasteiger partial charge in [-0.1, -0.05) is 48.5 Å². The third-order valence-corrected chi connectivity index (χ3v) is 7.76. The number of carboxylic acid groups (broad SMARTS) is 1. The average molecular weight is 625 g/mol. The lowest BCUT2D eigenvalue weighted by molar-refractivity contribution is -0.140. The molecular formula is C32H35F3N6O4. The summed E-state index contributed by atoms with van der Waals surface area (Å²) in [4.78, 5) is 40.9. The minimum absolute atomic E-state index is 0.0753. The van der Waals surface area contributed by atoms with Gasteiger partial charge in [-0.15, -0.1) is 0 Å². The third-order valence-electron chi connectivity index (χ3n) is 7.76. The van der Waals surface area contributed by atoms with E-state index in [-0.39, 0.29) is 17.1 Å². The molecular weight excluding hydrogens is 589 g/mol. The summed E-state index contributed by atoms with van der Waals surface area (Å²) in [6.07, 6.45) is -3.59. The summed E-state index contributed by atoms with van der Waals surface area (Å²) in [6, 6.07) is 13.1. The van der Waals surface area contributed by atoms with E-state index in [0.717, 1.165) is 27.3 Å². The van der Waals surface area contributed by atoms with Gasteiger partial charge in [0, 0.05) is 19.2 Å². The van der Waals surface area contributed by atoms with Crippen molar-refractivity contribution in [2.24, 2.45) is 0 Å². The molecule has 0 bridgehead atoms. The van der Waals surface area contributed by atoms with Crippen LogP contribution in [0.4, 0.5) is 22.8 Å². The molecule has 1 aliphatic heterocycles. The van der Waals surface area contributed by atoms with Crippen molar-refractivity contribution in [1.82, 2.24) is 29.7 Å². The molecule has 0 radical (unpaired) electrons. The summed E-state index contributed by atoms with van der Waals surface area (Å²) in [7, 11) is 1.47. The second kappa shape index (κ2) is 11.9. The fourth-order valence-electron chi connectivity index (χ4n) is 5.26. The van der Waals surface area contributed by atoms with Crippen LogP contribution in [0, 0.1) is 0 Å². The van der Waals surface area contributed by atoms with E-state index in [4.69, 9.17) is 4.74 Å². The SMILES string of the molecule is C[C@@H](c1ncc(-c2ccc(-c3ccc(-c4nc([C@@H]5CCCN5C(=O)OC(C)(C)C)[nH]c4C(F)(F)F)cc3)cc2)[nH]1)N(C)C(=O)O. The Hall–Kier alpha value is -4.81. The zero-order valence-corrected chi connectivity index (χ0v) is 25.6. The van der Waals surface area contributed by atoms with Gasteiger partial charge in [-0.05, 0) is 57.2 Å². The summed E-state index contributed by atoms with van der Waals surface area (Å²) in [5.74, 6) is 0.589. The smallest absolute Gasteiger partial charge is 0.433 e. The molecule has 1 saturated heterocycles. The molecule has 45 heavy (non-hydrogen) atoms. The maximum atomic E-state index is 14.1. The zero-order chi connectivity index (χ0) is 32.7. The van der Waals surface area contributed by atoms with Gasteiger partial charge in [-0.3, -0.25) is 4.90 Å². The van der Waals surface area contributed by atoms with Gasteiger partial charge in [0.25, 0.3) is 0 Å². The van der Waals surface area contributed by atoms with Gasteiger partial charge in [-0.25, -0.2) is 19.6 Å². The van der Waals surface area contributed by atoms with Crippen LogP contribution in [0.15, 0.2) is 54.7 Å². The van der Waals surface area contributed by atoms with Crippen molar-refractivity contribution in [2.45, 2.75) is 64.4 Å². The molecule has 5 rings (SSSR count). The summed E-state index contributed by atoms with van der Waals surface area (Å²) < 4.78 is 47.9. The van der Waals surface area contributed by atoms with E-state index in [1.54, 1.807) is 58.2 Å². The summed E-state index contributed by atoms with van der Waals surface area (Å²) in [6.45, 7) is 7.32. The van der Waals surface area contributed by atoms with Gasteiger partial charge < -0.3 is 24.7 Å². The predicted molar refractivity (Wildman–Crippen MR) is 161 cm³/mol. The number of alkyl halides is 3. The van der Waals surface area contributed by atoms with Crippen LogP contribution < -0.4 is 0 Å². The van der Waals surface area contributed by atoms with Crippen LogP contribution >= 0.6 is 0 Å². The Morgan fingerprint density at radius 3 is 2.13 bits per heavy atom. The number of hydrogen-bond acceptors (Lipinski definition) is 5. The molecule has 13 heteroatoms. The van der Waals surface area contributed by atoms with Crippen molar-refractivity contribution in [3.8, 4) is 33.6 Å². The van der Waals surface area contributed by atoms with Crippen LogP contribution in [0.1, 0.15) is 70.0 Å². The Morgan fingerprint density at radius 2 is 1.58 bits per heavy atom. The zero-order valence-electron chi connectivity index (χ0n) is 25.6. The molecule has 2 aromatic heterocycles. The number of nitrogens with one attached hydrogen (secondary N) is 2. The number of hydrogen-bond donors (Lipinski definition) is 3. The Labute approximate surface area is 258 Å². The van der Waals surface area contributed by atoms with E-state index in [9.17, 15) is 27.9 Å². The Morgan fingerprint density at radius 1 is 1.00 bits per heavy atom. The fourth-order valence-corrected chi connectivity index (χ4v) is 5.26. The molecule has 3 heterocycles. The molecule has 2 aromatic carbocycles. The molecule has 0 spiro atoms. The number of rotatable bonds is 6. The average Bonchev–Trinajstić information content (AvgIpc) is 3.75. The lowest BCUT2D eigenvalue weighted by Crippen LogP contribution is -2.36. The minimum atomic E-state index is -4.68. The van der Waals surface area contributed by atoms with Crippen molar-refractivity contribution < 1.29 is 32.6 Å². The Bertz CT molecular complexity index is 1670. The second-order valence-electron chi connectivity index (χ2n) is 12.1. The van der Waals surface area contributed by atoms with E-state index in [1.807, 2.05) is 24.3 Å². The minimum Gasteiger partial charge on any atom is -0.465 e. The topological polar surface area (TPSA) is 127 Å². The van der Waals surface area contributed by atoms with Crippen LogP contribution in [0.5, 0.6) is 0 Å². The highest BCUT2D eigenvalue weighted by Crippen LogP contribution is 2.40. The monoisotopic (exact) mass is 624 g/mol. The number of imidazole rings is 2. The van der Waals surface area contributed by atoms with Gasteiger partial charge in [0.05, 0.1) is 24.0 Å². The number of aromatic amines is 2. The maximum absolute atomic E-state index is 14.1. The number of likely N-dealkylation sites (tertiary alicyclic amines) is 1. The first-order chi connectivity index (χ1) is 21.1. The summed E-state index contributed by atoms with van der Waals surface area (Å²) in [5, 5.41) is 9.22. The van der Waals surface area contributed by atoms with Gasteiger partial charge in [0.15, 0.2) is 0 Å².